The molecule has 0 spiro atoms. The summed E-state index contributed by atoms with van der Waals surface area (Å²) in [6.07, 6.45) is -3.83. The molecule has 1 rings (SSSR count). The van der Waals surface area contributed by atoms with Crippen LogP contribution in [0.15, 0.2) is 18.2 Å². The second kappa shape index (κ2) is 7.23. The molecule has 112 valence electrons. The minimum absolute atomic E-state index is 0.291. The number of amides is 1. The molecule has 1 aromatic carbocycles. The summed E-state index contributed by atoms with van der Waals surface area (Å²) in [6, 6.07) is 4.34. The van der Waals surface area contributed by atoms with Crippen LogP contribution >= 0.6 is 0 Å². The molecule has 0 saturated carbocycles. The average Bonchev–Trinajstić information content (AvgIpc) is 2.30. The third kappa shape index (κ3) is 6.51. The van der Waals surface area contributed by atoms with Crippen LogP contribution in [0.4, 0.5) is 17.6 Å². The number of benzene rings is 1. The van der Waals surface area contributed by atoms with Gasteiger partial charge in [-0.05, 0) is 36.6 Å². The van der Waals surface area contributed by atoms with Gasteiger partial charge in [-0.2, -0.15) is 13.2 Å². The molecule has 0 atom stereocenters. The van der Waals surface area contributed by atoms with Crippen LogP contribution in [0.25, 0.3) is 0 Å². The number of alkyl halides is 3. The van der Waals surface area contributed by atoms with E-state index in [1.807, 2.05) is 5.32 Å². The number of hydrogen-bond acceptors (Lipinski definition) is 2. The fraction of sp³-hybridized carbons (Fsp3) is 0.462. The summed E-state index contributed by atoms with van der Waals surface area (Å²) >= 11 is 0. The number of rotatable bonds is 6. The van der Waals surface area contributed by atoms with E-state index in [9.17, 15) is 22.4 Å². The molecule has 2 N–H and O–H groups in total. The zero-order valence-corrected chi connectivity index (χ0v) is 11.0. The Balaban J connectivity index is 2.25. The molecule has 0 fully saturated rings. The normalized spacial score (nSPS) is 11.4. The Bertz CT molecular complexity index is 460. The van der Waals surface area contributed by atoms with Crippen LogP contribution < -0.4 is 10.6 Å². The summed E-state index contributed by atoms with van der Waals surface area (Å²) in [7, 11) is 0. The lowest BCUT2D eigenvalue weighted by atomic mass is 10.1. The average molecular weight is 292 g/mol. The van der Waals surface area contributed by atoms with Crippen LogP contribution in [-0.4, -0.2) is 31.7 Å². The Morgan fingerprint density at radius 2 is 2.00 bits per heavy atom. The standard InChI is InChI=1S/C13H16F4N2O/c1-9-6-11(14)3-2-10(9)4-5-19-12(20)7-18-8-13(15,16)17/h2-3,6,18H,4-5,7-8H2,1H3,(H,19,20). The zero-order valence-electron chi connectivity index (χ0n) is 11.0. The summed E-state index contributed by atoms with van der Waals surface area (Å²) in [6.45, 7) is 0.462. The van der Waals surface area contributed by atoms with Crippen LogP contribution in [0.3, 0.4) is 0 Å². The minimum Gasteiger partial charge on any atom is -0.355 e. The summed E-state index contributed by atoms with van der Waals surface area (Å²) in [5.41, 5.74) is 1.66. The molecule has 3 nitrogen and oxygen atoms in total. The molecule has 0 aromatic heterocycles. The fourth-order valence-electron chi connectivity index (χ4n) is 1.66. The first-order chi connectivity index (χ1) is 9.28. The molecule has 0 aliphatic carbocycles. The molecule has 1 amide bonds. The Hall–Kier alpha value is -1.63. The molecule has 0 heterocycles. The maximum atomic E-state index is 12.9. The molecular weight excluding hydrogens is 276 g/mol. The van der Waals surface area contributed by atoms with E-state index in [-0.39, 0.29) is 12.4 Å². The van der Waals surface area contributed by atoms with Gasteiger partial charge in [0, 0.05) is 6.54 Å². The van der Waals surface area contributed by atoms with Crippen molar-refractivity contribution in [3.05, 3.63) is 35.1 Å². The largest absolute Gasteiger partial charge is 0.401 e. The first-order valence-corrected chi connectivity index (χ1v) is 6.07. The van der Waals surface area contributed by atoms with Crippen molar-refractivity contribution in [2.24, 2.45) is 0 Å². The molecular formula is C13H16F4N2O. The van der Waals surface area contributed by atoms with Gasteiger partial charge in [0.05, 0.1) is 13.1 Å². The summed E-state index contributed by atoms with van der Waals surface area (Å²) in [5, 5.41) is 4.50. The van der Waals surface area contributed by atoms with Crippen molar-refractivity contribution in [1.82, 2.24) is 10.6 Å². The molecule has 1 aromatic rings. The first-order valence-electron chi connectivity index (χ1n) is 6.07. The molecule has 0 saturated heterocycles. The fourth-order valence-corrected chi connectivity index (χ4v) is 1.66. The van der Waals surface area contributed by atoms with Crippen molar-refractivity contribution in [3.63, 3.8) is 0 Å². The van der Waals surface area contributed by atoms with Crippen molar-refractivity contribution in [2.75, 3.05) is 19.6 Å². The summed E-state index contributed by atoms with van der Waals surface area (Å²) in [4.78, 5) is 11.3. The first kappa shape index (κ1) is 16.4. The molecule has 0 bridgehead atoms. The quantitative estimate of drug-likeness (QED) is 0.787. The number of hydrogen-bond donors (Lipinski definition) is 2. The van der Waals surface area contributed by atoms with Gasteiger partial charge in [-0.25, -0.2) is 4.39 Å². The Kier molecular flexibility index (Phi) is 5.94. The van der Waals surface area contributed by atoms with Crippen LogP contribution in [-0.2, 0) is 11.2 Å². The zero-order chi connectivity index (χ0) is 15.2. The molecule has 0 aliphatic heterocycles. The smallest absolute Gasteiger partial charge is 0.355 e. The van der Waals surface area contributed by atoms with Crippen molar-refractivity contribution in [1.29, 1.82) is 0 Å². The van der Waals surface area contributed by atoms with Crippen molar-refractivity contribution in [3.8, 4) is 0 Å². The SMILES string of the molecule is Cc1cc(F)ccc1CCNC(=O)CNCC(F)(F)F. The van der Waals surface area contributed by atoms with Crippen molar-refractivity contribution in [2.45, 2.75) is 19.5 Å². The van der Waals surface area contributed by atoms with Gasteiger partial charge in [0.25, 0.3) is 0 Å². The van der Waals surface area contributed by atoms with Gasteiger partial charge in [-0.15, -0.1) is 0 Å². The summed E-state index contributed by atoms with van der Waals surface area (Å²) in [5.74, 6) is -0.833. The van der Waals surface area contributed by atoms with Crippen LogP contribution in [0.5, 0.6) is 0 Å². The van der Waals surface area contributed by atoms with Gasteiger partial charge in [-0.3, -0.25) is 4.79 Å². The molecule has 7 heteroatoms. The predicted octanol–water partition coefficient (Wildman–Crippen LogP) is 1.94. The number of nitrogens with one attached hydrogen (secondary N) is 2. The highest BCUT2D eigenvalue weighted by molar-refractivity contribution is 5.77. The van der Waals surface area contributed by atoms with Crippen LogP contribution in [0.2, 0.25) is 0 Å². The second-order valence-electron chi connectivity index (χ2n) is 4.39. The van der Waals surface area contributed by atoms with E-state index in [2.05, 4.69) is 5.32 Å². The highest BCUT2D eigenvalue weighted by Gasteiger charge is 2.26. The van der Waals surface area contributed by atoms with E-state index in [0.29, 0.717) is 13.0 Å². The van der Waals surface area contributed by atoms with Crippen molar-refractivity contribution >= 4 is 5.91 Å². The van der Waals surface area contributed by atoms with Crippen LogP contribution in [0, 0.1) is 12.7 Å². The van der Waals surface area contributed by atoms with Gasteiger partial charge >= 0.3 is 6.18 Å². The third-order valence-electron chi connectivity index (χ3n) is 2.63. The number of carbonyl (C=O) groups excluding carboxylic acids is 1. The maximum Gasteiger partial charge on any atom is 0.401 e. The van der Waals surface area contributed by atoms with Crippen LogP contribution in [0.1, 0.15) is 11.1 Å². The number of aryl methyl sites for hydroxylation is 1. The Morgan fingerprint density at radius 1 is 1.30 bits per heavy atom. The predicted molar refractivity (Wildman–Crippen MR) is 66.8 cm³/mol. The lowest BCUT2D eigenvalue weighted by Crippen LogP contribution is -2.38. The van der Waals surface area contributed by atoms with Crippen molar-refractivity contribution < 1.29 is 22.4 Å². The number of carbonyl (C=O) groups is 1. The maximum absolute atomic E-state index is 12.9. The lowest BCUT2D eigenvalue weighted by molar-refractivity contribution is -0.128. The van der Waals surface area contributed by atoms with E-state index in [1.165, 1.54) is 12.1 Å². The van der Waals surface area contributed by atoms with Gasteiger partial charge in [0.2, 0.25) is 5.91 Å². The highest BCUT2D eigenvalue weighted by atomic mass is 19.4. The molecule has 20 heavy (non-hydrogen) atoms. The van der Waals surface area contributed by atoms with E-state index in [0.717, 1.165) is 11.1 Å². The topological polar surface area (TPSA) is 41.1 Å². The van der Waals surface area contributed by atoms with Gasteiger partial charge < -0.3 is 10.6 Å². The molecule has 0 unspecified atom stereocenters. The molecule has 0 aliphatic rings. The summed E-state index contributed by atoms with van der Waals surface area (Å²) < 4.78 is 48.4. The third-order valence-corrected chi connectivity index (χ3v) is 2.63. The van der Waals surface area contributed by atoms with E-state index in [4.69, 9.17) is 0 Å². The Morgan fingerprint density at radius 3 is 2.60 bits per heavy atom. The lowest BCUT2D eigenvalue weighted by Gasteiger charge is -2.09. The van der Waals surface area contributed by atoms with E-state index in [1.54, 1.807) is 13.0 Å². The van der Waals surface area contributed by atoms with E-state index >= 15 is 0 Å². The van der Waals surface area contributed by atoms with E-state index < -0.39 is 18.6 Å². The minimum atomic E-state index is -4.33. The Labute approximate surface area is 114 Å². The molecule has 0 radical (unpaired) electrons. The van der Waals surface area contributed by atoms with Gasteiger partial charge in [0.1, 0.15) is 5.82 Å². The van der Waals surface area contributed by atoms with Gasteiger partial charge in [-0.1, -0.05) is 6.07 Å². The van der Waals surface area contributed by atoms with Gasteiger partial charge in [0.15, 0.2) is 0 Å². The second-order valence-corrected chi connectivity index (χ2v) is 4.39. The number of halogens is 4. The monoisotopic (exact) mass is 292 g/mol. The highest BCUT2D eigenvalue weighted by Crippen LogP contribution is 2.12.